The number of pyridine rings is 1. The molecule has 1 unspecified atom stereocenters. The van der Waals surface area contributed by atoms with Crippen LogP contribution < -0.4 is 0 Å². The van der Waals surface area contributed by atoms with Gasteiger partial charge >= 0.3 is 0 Å². The summed E-state index contributed by atoms with van der Waals surface area (Å²) < 4.78 is 0. The van der Waals surface area contributed by atoms with Crippen LogP contribution in [-0.4, -0.2) is 4.98 Å². The van der Waals surface area contributed by atoms with E-state index in [1.165, 1.54) is 36.1 Å². The van der Waals surface area contributed by atoms with E-state index in [0.717, 1.165) is 6.42 Å². The van der Waals surface area contributed by atoms with Crippen molar-refractivity contribution in [2.24, 2.45) is 23.7 Å². The molecule has 1 aliphatic carbocycles. The van der Waals surface area contributed by atoms with Gasteiger partial charge in [-0.2, -0.15) is 0 Å². The fourth-order valence-electron chi connectivity index (χ4n) is 4.21. The highest BCUT2D eigenvalue weighted by molar-refractivity contribution is 5.17. The van der Waals surface area contributed by atoms with Gasteiger partial charge in [-0.05, 0) is 67.4 Å². The van der Waals surface area contributed by atoms with Crippen LogP contribution in [0.5, 0.6) is 0 Å². The third-order valence-corrected chi connectivity index (χ3v) is 5.69. The molecule has 126 valence electrons. The zero-order valence-corrected chi connectivity index (χ0v) is 15.4. The van der Waals surface area contributed by atoms with Crippen molar-refractivity contribution >= 4 is 0 Å². The maximum atomic E-state index is 4.70. The zero-order valence-electron chi connectivity index (χ0n) is 15.4. The summed E-state index contributed by atoms with van der Waals surface area (Å²) in [5.74, 6) is 3.08. The number of nitrogens with zero attached hydrogens (tertiary/aromatic N) is 1. The number of hydrogen-bond donors (Lipinski definition) is 0. The maximum Gasteiger partial charge on any atom is 0.0406 e. The predicted octanol–water partition coefficient (Wildman–Crippen LogP) is 6.18. The van der Waals surface area contributed by atoms with Crippen LogP contribution in [0.25, 0.3) is 0 Å². The largest absolute Gasteiger partial charge is 0.261 e. The van der Waals surface area contributed by atoms with Crippen molar-refractivity contribution in [1.29, 1.82) is 0 Å². The highest BCUT2D eigenvalue weighted by Crippen LogP contribution is 2.43. The first kappa shape index (κ1) is 18.0. The summed E-state index contributed by atoms with van der Waals surface area (Å²) in [6.45, 7) is 17.4. The lowest BCUT2D eigenvalue weighted by molar-refractivity contribution is 0.161. The molecule has 0 amide bonds. The van der Waals surface area contributed by atoms with Crippen molar-refractivity contribution in [3.63, 3.8) is 0 Å². The van der Waals surface area contributed by atoms with Crippen molar-refractivity contribution in [2.45, 2.75) is 59.3 Å². The lowest BCUT2D eigenvalue weighted by Gasteiger charge is -2.40. The molecular weight excluding hydrogens is 278 g/mol. The average molecular weight is 312 g/mol. The summed E-state index contributed by atoms with van der Waals surface area (Å²) in [4.78, 5) is 4.70. The van der Waals surface area contributed by atoms with Crippen LogP contribution in [0.1, 0.15) is 64.1 Å². The van der Waals surface area contributed by atoms with Gasteiger partial charge in [0.25, 0.3) is 0 Å². The molecule has 0 aromatic carbocycles. The molecular formula is C22H33N. The van der Waals surface area contributed by atoms with E-state index in [2.05, 4.69) is 65.3 Å². The third kappa shape index (κ3) is 4.34. The Morgan fingerprint density at radius 1 is 1.30 bits per heavy atom. The van der Waals surface area contributed by atoms with Crippen LogP contribution in [-0.2, 0) is 6.42 Å². The fourth-order valence-corrected chi connectivity index (χ4v) is 4.21. The first-order valence-electron chi connectivity index (χ1n) is 9.16. The number of hydrogen-bond acceptors (Lipinski definition) is 1. The van der Waals surface area contributed by atoms with Crippen molar-refractivity contribution < 1.29 is 0 Å². The van der Waals surface area contributed by atoms with Crippen LogP contribution >= 0.6 is 0 Å². The van der Waals surface area contributed by atoms with Gasteiger partial charge in [0, 0.05) is 11.9 Å². The second-order valence-corrected chi connectivity index (χ2v) is 7.78. The van der Waals surface area contributed by atoms with E-state index in [9.17, 15) is 0 Å². The molecule has 4 atom stereocenters. The molecule has 0 saturated heterocycles. The molecule has 2 rings (SSSR count). The highest BCUT2D eigenvalue weighted by atomic mass is 14.7. The second kappa shape index (κ2) is 7.95. The Hall–Kier alpha value is -1.37. The summed E-state index contributed by atoms with van der Waals surface area (Å²) in [5, 5.41) is 0. The topological polar surface area (TPSA) is 12.9 Å². The number of rotatable bonds is 6. The molecule has 1 heterocycles. The molecule has 1 heteroatoms. The molecule has 1 nitrogen and oxygen atoms in total. The van der Waals surface area contributed by atoms with Gasteiger partial charge in [-0.15, -0.1) is 6.58 Å². The van der Waals surface area contributed by atoms with Gasteiger partial charge in [-0.3, -0.25) is 4.98 Å². The smallest absolute Gasteiger partial charge is 0.0406 e. The van der Waals surface area contributed by atoms with Crippen LogP contribution in [0.2, 0.25) is 0 Å². The molecule has 1 aromatic rings. The van der Waals surface area contributed by atoms with Crippen molar-refractivity contribution in [2.75, 3.05) is 0 Å². The van der Waals surface area contributed by atoms with Crippen molar-refractivity contribution in [1.82, 2.24) is 4.98 Å². The van der Waals surface area contributed by atoms with E-state index >= 15 is 0 Å². The average Bonchev–Trinajstić information content (AvgIpc) is 2.54. The van der Waals surface area contributed by atoms with Gasteiger partial charge in [0.1, 0.15) is 0 Å². The predicted molar refractivity (Wildman–Crippen MR) is 101 cm³/mol. The maximum absolute atomic E-state index is 4.70. The first-order valence-corrected chi connectivity index (χ1v) is 9.16. The van der Waals surface area contributed by atoms with E-state index in [4.69, 9.17) is 4.98 Å². The first-order chi connectivity index (χ1) is 10.9. The van der Waals surface area contributed by atoms with Crippen LogP contribution in [0.4, 0.5) is 0 Å². The van der Waals surface area contributed by atoms with E-state index in [1.807, 2.05) is 0 Å². The summed E-state index contributed by atoms with van der Waals surface area (Å²) in [6.07, 6.45) is 9.21. The third-order valence-electron chi connectivity index (χ3n) is 5.69. The number of allylic oxidation sites excluding steroid dienone is 2. The van der Waals surface area contributed by atoms with Gasteiger partial charge in [-0.25, -0.2) is 0 Å². The molecule has 0 spiro atoms. The highest BCUT2D eigenvalue weighted by Gasteiger charge is 2.34. The Labute approximate surface area is 142 Å². The monoisotopic (exact) mass is 311 g/mol. The molecule has 23 heavy (non-hydrogen) atoms. The molecule has 1 saturated carbocycles. The minimum atomic E-state index is 0.550. The summed E-state index contributed by atoms with van der Waals surface area (Å²) >= 11 is 0. The lowest BCUT2D eigenvalue weighted by atomic mass is 9.65. The van der Waals surface area contributed by atoms with Crippen LogP contribution in [0.3, 0.4) is 0 Å². The summed E-state index contributed by atoms with van der Waals surface area (Å²) in [6, 6.07) is 4.45. The molecule has 1 fully saturated rings. The van der Waals surface area contributed by atoms with Crippen molar-refractivity contribution in [3.05, 3.63) is 54.4 Å². The minimum absolute atomic E-state index is 0.550. The Morgan fingerprint density at radius 3 is 2.57 bits per heavy atom. The second-order valence-electron chi connectivity index (χ2n) is 7.78. The minimum Gasteiger partial charge on any atom is -0.261 e. The normalized spacial score (nSPS) is 26.0. The standard InChI is InChI=1S/C22H33N/c1-7-20-21(16(4)5)9-8-10-22(20)17(6)13-19-12-11-18(14-23-19)15(2)3/h7,11-12,14-15,17,20-22H,1,4,8-10,13H2,2-3,5-6H3/t17?,20-,21+,22-/m1/s1. The van der Waals surface area contributed by atoms with Gasteiger partial charge in [-0.1, -0.05) is 51.5 Å². The van der Waals surface area contributed by atoms with Gasteiger partial charge in [0.05, 0.1) is 0 Å². The molecule has 1 aromatic heterocycles. The van der Waals surface area contributed by atoms with Crippen LogP contribution in [0, 0.1) is 23.7 Å². The molecule has 0 bridgehead atoms. The summed E-state index contributed by atoms with van der Waals surface area (Å²) in [5.41, 5.74) is 3.87. The number of aromatic nitrogens is 1. The molecule has 0 aliphatic heterocycles. The Balaban J connectivity index is 2.07. The van der Waals surface area contributed by atoms with E-state index in [-0.39, 0.29) is 0 Å². The van der Waals surface area contributed by atoms with E-state index in [1.54, 1.807) is 0 Å². The van der Waals surface area contributed by atoms with Gasteiger partial charge in [0.15, 0.2) is 0 Å². The fraction of sp³-hybridized carbons (Fsp3) is 0.591. The summed E-state index contributed by atoms with van der Waals surface area (Å²) in [7, 11) is 0. The van der Waals surface area contributed by atoms with Crippen LogP contribution in [0.15, 0.2) is 43.1 Å². The Morgan fingerprint density at radius 2 is 2.04 bits per heavy atom. The van der Waals surface area contributed by atoms with E-state index < -0.39 is 0 Å². The van der Waals surface area contributed by atoms with E-state index in [0.29, 0.717) is 29.6 Å². The lowest BCUT2D eigenvalue weighted by Crippen LogP contribution is -2.32. The SMILES string of the molecule is C=C[C@H]1[C@@H](C(C)Cc2ccc(C(C)C)cn2)CCC[C@H]1C(=C)C. The quantitative estimate of drug-likeness (QED) is 0.572. The molecule has 0 N–H and O–H groups in total. The molecule has 1 aliphatic rings. The molecule has 0 radical (unpaired) electrons. The van der Waals surface area contributed by atoms with Gasteiger partial charge < -0.3 is 0 Å². The Bertz CT molecular complexity index is 525. The Kier molecular flexibility index (Phi) is 6.21. The van der Waals surface area contributed by atoms with Gasteiger partial charge in [0.2, 0.25) is 0 Å². The van der Waals surface area contributed by atoms with Crippen molar-refractivity contribution in [3.8, 4) is 0 Å². The zero-order chi connectivity index (χ0) is 17.0.